The first-order chi connectivity index (χ1) is 9.02. The molecule has 102 valence electrons. The molecule has 7 heteroatoms. The minimum absolute atomic E-state index is 0.0646. The van der Waals surface area contributed by atoms with Crippen LogP contribution in [-0.4, -0.2) is 29.9 Å². The number of nitro benzene ring substituents is 1. The SMILES string of the molecule is CCOC(=O)CC(=O)COc1ccc([N+](=O)[O-])cc1. The Morgan fingerprint density at radius 3 is 2.42 bits per heavy atom. The molecular formula is C12H13NO6. The van der Waals surface area contributed by atoms with E-state index >= 15 is 0 Å². The Balaban J connectivity index is 2.42. The van der Waals surface area contributed by atoms with Gasteiger partial charge in [0.2, 0.25) is 0 Å². The standard InChI is InChI=1S/C12H13NO6/c1-2-18-12(15)7-10(14)8-19-11-5-3-9(4-6-11)13(16)17/h3-6H,2,7-8H2,1H3. The van der Waals surface area contributed by atoms with E-state index in [1.165, 1.54) is 24.3 Å². The lowest BCUT2D eigenvalue weighted by atomic mass is 10.3. The van der Waals surface area contributed by atoms with Crippen molar-refractivity contribution in [3.05, 3.63) is 34.4 Å². The molecule has 0 saturated heterocycles. The van der Waals surface area contributed by atoms with Crippen molar-refractivity contribution in [2.45, 2.75) is 13.3 Å². The molecule has 0 radical (unpaired) electrons. The van der Waals surface area contributed by atoms with E-state index in [1.807, 2.05) is 0 Å². The van der Waals surface area contributed by atoms with Crippen LogP contribution in [0.25, 0.3) is 0 Å². The molecule has 0 spiro atoms. The molecule has 1 aromatic rings. The third-order valence-electron chi connectivity index (χ3n) is 2.09. The van der Waals surface area contributed by atoms with Crippen LogP contribution in [0.1, 0.15) is 13.3 Å². The van der Waals surface area contributed by atoms with Crippen molar-refractivity contribution in [1.82, 2.24) is 0 Å². The van der Waals surface area contributed by atoms with Crippen LogP contribution in [0.2, 0.25) is 0 Å². The van der Waals surface area contributed by atoms with Crippen LogP contribution in [0.15, 0.2) is 24.3 Å². The number of esters is 1. The fourth-order valence-electron chi connectivity index (χ4n) is 1.25. The Morgan fingerprint density at radius 1 is 1.26 bits per heavy atom. The predicted molar refractivity (Wildman–Crippen MR) is 64.8 cm³/mol. The molecular weight excluding hydrogens is 254 g/mol. The molecule has 0 N–H and O–H groups in total. The fourth-order valence-corrected chi connectivity index (χ4v) is 1.25. The Kier molecular flexibility index (Phi) is 5.46. The molecule has 7 nitrogen and oxygen atoms in total. The zero-order chi connectivity index (χ0) is 14.3. The van der Waals surface area contributed by atoms with Gasteiger partial charge < -0.3 is 9.47 Å². The van der Waals surface area contributed by atoms with Crippen molar-refractivity contribution < 1.29 is 24.0 Å². The van der Waals surface area contributed by atoms with Crippen molar-refractivity contribution in [1.29, 1.82) is 0 Å². The number of hydrogen-bond acceptors (Lipinski definition) is 6. The van der Waals surface area contributed by atoms with Crippen molar-refractivity contribution >= 4 is 17.4 Å². The molecule has 1 aromatic carbocycles. The molecule has 0 atom stereocenters. The number of nitro groups is 1. The van der Waals surface area contributed by atoms with Crippen molar-refractivity contribution in [3.63, 3.8) is 0 Å². The summed E-state index contributed by atoms with van der Waals surface area (Å²) in [5, 5.41) is 10.4. The molecule has 0 heterocycles. The molecule has 0 fully saturated rings. The number of Topliss-reactive ketones (excluding diaryl/α,β-unsaturated/α-hetero) is 1. The van der Waals surface area contributed by atoms with Gasteiger partial charge in [0, 0.05) is 12.1 Å². The van der Waals surface area contributed by atoms with Gasteiger partial charge in [-0.15, -0.1) is 0 Å². The summed E-state index contributed by atoms with van der Waals surface area (Å²) >= 11 is 0. The van der Waals surface area contributed by atoms with Crippen LogP contribution in [0, 0.1) is 10.1 Å². The Bertz CT molecular complexity index is 468. The van der Waals surface area contributed by atoms with Crippen LogP contribution in [-0.2, 0) is 14.3 Å². The molecule has 0 saturated carbocycles. The topological polar surface area (TPSA) is 95.7 Å². The first-order valence-electron chi connectivity index (χ1n) is 5.57. The zero-order valence-corrected chi connectivity index (χ0v) is 10.3. The van der Waals surface area contributed by atoms with Gasteiger partial charge >= 0.3 is 5.97 Å². The Hall–Kier alpha value is -2.44. The van der Waals surface area contributed by atoms with Crippen LogP contribution in [0.4, 0.5) is 5.69 Å². The fraction of sp³-hybridized carbons (Fsp3) is 0.333. The van der Waals surface area contributed by atoms with E-state index in [4.69, 9.17) is 4.74 Å². The summed E-state index contributed by atoms with van der Waals surface area (Å²) in [7, 11) is 0. The lowest BCUT2D eigenvalue weighted by Crippen LogP contribution is -2.17. The van der Waals surface area contributed by atoms with E-state index in [9.17, 15) is 19.7 Å². The van der Waals surface area contributed by atoms with E-state index < -0.39 is 16.7 Å². The van der Waals surface area contributed by atoms with E-state index in [2.05, 4.69) is 4.74 Å². The minimum Gasteiger partial charge on any atom is -0.486 e. The third-order valence-corrected chi connectivity index (χ3v) is 2.09. The van der Waals surface area contributed by atoms with E-state index in [0.717, 1.165) is 0 Å². The first kappa shape index (κ1) is 14.6. The molecule has 19 heavy (non-hydrogen) atoms. The highest BCUT2D eigenvalue weighted by Gasteiger charge is 2.11. The lowest BCUT2D eigenvalue weighted by Gasteiger charge is -2.05. The van der Waals surface area contributed by atoms with Crippen molar-refractivity contribution in [2.75, 3.05) is 13.2 Å². The average Bonchev–Trinajstić information content (AvgIpc) is 2.37. The zero-order valence-electron chi connectivity index (χ0n) is 10.3. The van der Waals surface area contributed by atoms with Crippen LogP contribution >= 0.6 is 0 Å². The average molecular weight is 267 g/mol. The van der Waals surface area contributed by atoms with Crippen molar-refractivity contribution in [2.24, 2.45) is 0 Å². The highest BCUT2D eigenvalue weighted by Crippen LogP contribution is 2.17. The van der Waals surface area contributed by atoms with Crippen LogP contribution in [0.5, 0.6) is 5.75 Å². The maximum absolute atomic E-state index is 11.3. The number of benzene rings is 1. The molecule has 0 aliphatic heterocycles. The summed E-state index contributed by atoms with van der Waals surface area (Å²) in [4.78, 5) is 32.2. The quantitative estimate of drug-likeness (QED) is 0.321. The van der Waals surface area contributed by atoms with Gasteiger partial charge in [-0.3, -0.25) is 19.7 Å². The maximum atomic E-state index is 11.3. The van der Waals surface area contributed by atoms with Gasteiger partial charge in [0.25, 0.3) is 5.69 Å². The molecule has 0 unspecified atom stereocenters. The number of rotatable bonds is 7. The summed E-state index contributed by atoms with van der Waals surface area (Å²) in [6.07, 6.45) is -0.346. The van der Waals surface area contributed by atoms with Gasteiger partial charge in [-0.2, -0.15) is 0 Å². The molecule has 0 amide bonds. The second-order valence-electron chi connectivity index (χ2n) is 3.56. The van der Waals surface area contributed by atoms with Gasteiger partial charge in [-0.25, -0.2) is 0 Å². The summed E-state index contributed by atoms with van der Waals surface area (Å²) in [6, 6.07) is 5.31. The molecule has 0 bridgehead atoms. The van der Waals surface area contributed by atoms with Crippen LogP contribution < -0.4 is 4.74 Å². The number of carbonyl (C=O) groups excluding carboxylic acids is 2. The predicted octanol–water partition coefficient (Wildman–Crippen LogP) is 1.50. The van der Waals surface area contributed by atoms with E-state index in [-0.39, 0.29) is 25.3 Å². The molecule has 0 aliphatic rings. The van der Waals surface area contributed by atoms with Crippen molar-refractivity contribution in [3.8, 4) is 5.75 Å². The summed E-state index contributed by atoms with van der Waals surface area (Å²) < 4.78 is 9.72. The first-order valence-corrected chi connectivity index (χ1v) is 5.57. The number of non-ortho nitro benzene ring substituents is 1. The Morgan fingerprint density at radius 2 is 1.89 bits per heavy atom. The third kappa shape index (κ3) is 5.15. The summed E-state index contributed by atoms with van der Waals surface area (Å²) in [6.45, 7) is 1.59. The normalized spacial score (nSPS) is 9.74. The van der Waals surface area contributed by atoms with Gasteiger partial charge in [0.1, 0.15) is 18.8 Å². The monoisotopic (exact) mass is 267 g/mol. The highest BCUT2D eigenvalue weighted by atomic mass is 16.6. The lowest BCUT2D eigenvalue weighted by molar-refractivity contribution is -0.384. The molecule has 1 rings (SSSR count). The second-order valence-corrected chi connectivity index (χ2v) is 3.56. The second kappa shape index (κ2) is 7.10. The number of ether oxygens (including phenoxy) is 2. The van der Waals surface area contributed by atoms with Gasteiger partial charge in [0.05, 0.1) is 11.5 Å². The maximum Gasteiger partial charge on any atom is 0.313 e. The number of carbonyl (C=O) groups is 2. The van der Waals surface area contributed by atoms with E-state index in [0.29, 0.717) is 5.75 Å². The smallest absolute Gasteiger partial charge is 0.313 e. The van der Waals surface area contributed by atoms with E-state index in [1.54, 1.807) is 6.92 Å². The highest BCUT2D eigenvalue weighted by molar-refractivity contribution is 5.96. The molecule has 0 aromatic heterocycles. The van der Waals surface area contributed by atoms with Crippen LogP contribution in [0.3, 0.4) is 0 Å². The number of hydrogen-bond donors (Lipinski definition) is 0. The minimum atomic E-state index is -0.597. The summed E-state index contributed by atoms with van der Waals surface area (Å²) in [5.74, 6) is -0.695. The van der Waals surface area contributed by atoms with Gasteiger partial charge in [-0.1, -0.05) is 0 Å². The Labute approximate surface area is 109 Å². The van der Waals surface area contributed by atoms with Gasteiger partial charge in [0.15, 0.2) is 5.78 Å². The number of nitrogens with zero attached hydrogens (tertiary/aromatic N) is 1. The number of ketones is 1. The largest absolute Gasteiger partial charge is 0.486 e. The summed E-state index contributed by atoms with van der Waals surface area (Å²) in [5.41, 5.74) is -0.0646. The van der Waals surface area contributed by atoms with Gasteiger partial charge in [-0.05, 0) is 19.1 Å². The molecule has 0 aliphatic carbocycles.